The molecule has 0 fully saturated rings. The zero-order valence-electron chi connectivity index (χ0n) is 11.6. The van der Waals surface area contributed by atoms with Crippen molar-refractivity contribution in [3.63, 3.8) is 0 Å². The van der Waals surface area contributed by atoms with Gasteiger partial charge in [0.05, 0.1) is 0 Å². The van der Waals surface area contributed by atoms with Gasteiger partial charge in [0.2, 0.25) is 0 Å². The smallest absolute Gasteiger partial charge is 0.406 e. The topological polar surface area (TPSA) is 34.1 Å². The molecule has 2 rings (SSSR count). The Hall–Kier alpha value is -1.60. The van der Waals surface area contributed by atoms with Crippen molar-refractivity contribution in [2.24, 2.45) is 0 Å². The van der Waals surface area contributed by atoms with E-state index in [0.717, 1.165) is 16.3 Å². The van der Waals surface area contributed by atoms with E-state index in [1.165, 1.54) is 12.1 Å². The number of halogens is 3. The lowest BCUT2D eigenvalue weighted by molar-refractivity contribution is -0.274. The number of aromatic nitrogens is 1. The lowest BCUT2D eigenvalue weighted by Crippen LogP contribution is -2.19. The van der Waals surface area contributed by atoms with Crippen LogP contribution in [0.2, 0.25) is 0 Å². The van der Waals surface area contributed by atoms with Gasteiger partial charge in [0.25, 0.3) is 0 Å². The average molecular weight is 316 g/mol. The second-order valence-corrected chi connectivity index (χ2v) is 5.54. The summed E-state index contributed by atoms with van der Waals surface area (Å²) in [6.45, 7) is 4.50. The van der Waals surface area contributed by atoms with E-state index in [0.29, 0.717) is 6.54 Å². The molecule has 1 aromatic carbocycles. The maximum Gasteiger partial charge on any atom is 0.573 e. The summed E-state index contributed by atoms with van der Waals surface area (Å²) in [4.78, 5) is 4.34. The Kier molecular flexibility index (Phi) is 4.84. The number of rotatable bonds is 5. The number of thiazole rings is 1. The molecular weight excluding hydrogens is 301 g/mol. The molecule has 3 nitrogen and oxygen atoms in total. The first-order chi connectivity index (χ1) is 9.83. The zero-order valence-corrected chi connectivity index (χ0v) is 12.4. The van der Waals surface area contributed by atoms with Gasteiger partial charge >= 0.3 is 6.36 Å². The fourth-order valence-electron chi connectivity index (χ4n) is 1.80. The number of hydrogen-bond donors (Lipinski definition) is 1. The number of benzene rings is 1. The van der Waals surface area contributed by atoms with Crippen LogP contribution in [0.25, 0.3) is 0 Å². The second-order valence-electron chi connectivity index (χ2n) is 4.60. The van der Waals surface area contributed by atoms with Crippen LogP contribution in [0.15, 0.2) is 29.6 Å². The van der Waals surface area contributed by atoms with Crippen molar-refractivity contribution in [3.8, 4) is 5.75 Å². The molecule has 1 heterocycles. The van der Waals surface area contributed by atoms with Crippen molar-refractivity contribution in [1.82, 2.24) is 10.3 Å². The highest BCUT2D eigenvalue weighted by atomic mass is 32.1. The summed E-state index contributed by atoms with van der Waals surface area (Å²) in [5.41, 5.74) is 1.87. The Labute approximate surface area is 124 Å². The van der Waals surface area contributed by atoms with Crippen LogP contribution < -0.4 is 10.1 Å². The molecule has 0 aliphatic rings. The Balaban J connectivity index is 1.91. The number of nitrogens with zero attached hydrogens (tertiary/aromatic N) is 1. The van der Waals surface area contributed by atoms with E-state index in [2.05, 4.69) is 15.0 Å². The summed E-state index contributed by atoms with van der Waals surface area (Å²) in [6, 6.07) is 5.87. The van der Waals surface area contributed by atoms with E-state index in [-0.39, 0.29) is 11.8 Å². The molecule has 0 amide bonds. The van der Waals surface area contributed by atoms with Gasteiger partial charge in [-0.3, -0.25) is 0 Å². The minimum atomic E-state index is -4.66. The van der Waals surface area contributed by atoms with E-state index in [1.807, 2.05) is 19.2 Å². The van der Waals surface area contributed by atoms with Crippen LogP contribution in [0, 0.1) is 6.92 Å². The first-order valence-electron chi connectivity index (χ1n) is 6.33. The molecule has 1 unspecified atom stereocenters. The fourth-order valence-corrected chi connectivity index (χ4v) is 2.52. The summed E-state index contributed by atoms with van der Waals surface area (Å²) in [5, 5.41) is 6.24. The van der Waals surface area contributed by atoms with E-state index in [4.69, 9.17) is 0 Å². The molecule has 0 saturated heterocycles. The maximum atomic E-state index is 12.1. The minimum Gasteiger partial charge on any atom is -0.406 e. The highest BCUT2D eigenvalue weighted by Crippen LogP contribution is 2.24. The lowest BCUT2D eigenvalue weighted by atomic mass is 10.1. The minimum absolute atomic E-state index is 0.00847. The van der Waals surface area contributed by atoms with Gasteiger partial charge in [-0.2, -0.15) is 0 Å². The summed E-state index contributed by atoms with van der Waals surface area (Å²) >= 11 is 1.58. The van der Waals surface area contributed by atoms with Gasteiger partial charge in [-0.05, 0) is 31.5 Å². The zero-order chi connectivity index (χ0) is 15.5. The number of alkyl halides is 3. The first-order valence-corrected chi connectivity index (χ1v) is 7.21. The molecule has 0 bridgehead atoms. The standard InChI is InChI=1S/C14H15F3N2OS/c1-9-8-21-13(19-9)7-18-10(2)11-3-5-12(6-4-11)20-14(15,16)17/h3-6,8,10,18H,7H2,1-2H3. The molecular formula is C14H15F3N2OS. The molecule has 7 heteroatoms. The average Bonchev–Trinajstić information content (AvgIpc) is 2.81. The second kappa shape index (κ2) is 6.44. The molecule has 0 radical (unpaired) electrons. The van der Waals surface area contributed by atoms with Gasteiger partial charge in [0.1, 0.15) is 10.8 Å². The molecule has 2 aromatic rings. The molecule has 0 aliphatic heterocycles. The van der Waals surface area contributed by atoms with E-state index in [1.54, 1.807) is 23.5 Å². The maximum absolute atomic E-state index is 12.1. The molecule has 0 saturated carbocycles. The fraction of sp³-hybridized carbons (Fsp3) is 0.357. The highest BCUT2D eigenvalue weighted by molar-refractivity contribution is 7.09. The van der Waals surface area contributed by atoms with Gasteiger partial charge in [-0.15, -0.1) is 24.5 Å². The Morgan fingerprint density at radius 3 is 2.48 bits per heavy atom. The first kappa shape index (κ1) is 15.8. The number of aryl methyl sites for hydroxylation is 1. The van der Waals surface area contributed by atoms with Crippen LogP contribution in [-0.2, 0) is 6.54 Å². The van der Waals surface area contributed by atoms with E-state index < -0.39 is 6.36 Å². The summed E-state index contributed by atoms with van der Waals surface area (Å²) < 4.78 is 40.1. The predicted octanol–water partition coefficient (Wildman–Crippen LogP) is 4.20. The van der Waals surface area contributed by atoms with Crippen molar-refractivity contribution in [2.45, 2.75) is 32.8 Å². The Morgan fingerprint density at radius 2 is 1.95 bits per heavy atom. The van der Waals surface area contributed by atoms with E-state index >= 15 is 0 Å². The van der Waals surface area contributed by atoms with Crippen molar-refractivity contribution in [1.29, 1.82) is 0 Å². The normalized spacial score (nSPS) is 13.2. The third-order valence-corrected chi connectivity index (χ3v) is 3.81. The van der Waals surface area contributed by atoms with E-state index in [9.17, 15) is 13.2 Å². The van der Waals surface area contributed by atoms with Crippen LogP contribution in [0.3, 0.4) is 0 Å². The number of ether oxygens (including phenoxy) is 1. The number of nitrogens with one attached hydrogen (secondary N) is 1. The third-order valence-electron chi connectivity index (χ3n) is 2.84. The van der Waals surface area contributed by atoms with Crippen molar-refractivity contribution >= 4 is 11.3 Å². The van der Waals surface area contributed by atoms with Gasteiger partial charge in [0.15, 0.2) is 0 Å². The van der Waals surface area contributed by atoms with Crippen LogP contribution in [0.5, 0.6) is 5.75 Å². The van der Waals surface area contributed by atoms with Gasteiger partial charge in [0, 0.05) is 23.7 Å². The number of hydrogen-bond acceptors (Lipinski definition) is 4. The van der Waals surface area contributed by atoms with Gasteiger partial charge < -0.3 is 10.1 Å². The van der Waals surface area contributed by atoms with Crippen LogP contribution in [0.4, 0.5) is 13.2 Å². The quantitative estimate of drug-likeness (QED) is 0.897. The molecule has 114 valence electrons. The van der Waals surface area contributed by atoms with Crippen molar-refractivity contribution < 1.29 is 17.9 Å². The molecule has 1 N–H and O–H groups in total. The van der Waals surface area contributed by atoms with Crippen molar-refractivity contribution in [2.75, 3.05) is 0 Å². The SMILES string of the molecule is Cc1csc(CNC(C)c2ccc(OC(F)(F)F)cc2)n1. The van der Waals surface area contributed by atoms with Gasteiger partial charge in [-0.25, -0.2) is 4.98 Å². The lowest BCUT2D eigenvalue weighted by Gasteiger charge is -2.14. The largest absolute Gasteiger partial charge is 0.573 e. The molecule has 1 atom stereocenters. The Bertz CT molecular complexity index is 581. The summed E-state index contributed by atoms with van der Waals surface area (Å²) in [6.07, 6.45) is -4.66. The van der Waals surface area contributed by atoms with Crippen LogP contribution in [-0.4, -0.2) is 11.3 Å². The molecule has 0 spiro atoms. The summed E-state index contributed by atoms with van der Waals surface area (Å²) in [5.74, 6) is -0.214. The van der Waals surface area contributed by atoms with Crippen LogP contribution >= 0.6 is 11.3 Å². The molecule has 1 aromatic heterocycles. The third kappa shape index (κ3) is 5.02. The van der Waals surface area contributed by atoms with Crippen molar-refractivity contribution in [3.05, 3.63) is 45.9 Å². The Morgan fingerprint density at radius 1 is 1.29 bits per heavy atom. The highest BCUT2D eigenvalue weighted by Gasteiger charge is 2.30. The summed E-state index contributed by atoms with van der Waals surface area (Å²) in [7, 11) is 0. The van der Waals surface area contributed by atoms with Crippen LogP contribution in [0.1, 0.15) is 29.2 Å². The molecule has 0 aliphatic carbocycles. The molecule has 21 heavy (non-hydrogen) atoms. The van der Waals surface area contributed by atoms with Gasteiger partial charge in [-0.1, -0.05) is 12.1 Å². The monoisotopic (exact) mass is 316 g/mol. The predicted molar refractivity (Wildman–Crippen MR) is 75.2 cm³/mol.